The molecule has 11 aromatic rings. The first-order valence-electron chi connectivity index (χ1n) is 17.6. The minimum Gasteiger partial charge on any atom is -0.309 e. The molecule has 0 aliphatic carbocycles. The van der Waals surface area contributed by atoms with E-state index in [0.717, 1.165) is 50.0 Å². The molecule has 11 rings (SSSR count). The second-order valence-electron chi connectivity index (χ2n) is 13.4. The van der Waals surface area contributed by atoms with E-state index in [0.29, 0.717) is 0 Å². The van der Waals surface area contributed by atoms with Gasteiger partial charge in [0.1, 0.15) is 0 Å². The zero-order valence-corrected chi connectivity index (χ0v) is 28.8. The lowest BCUT2D eigenvalue weighted by atomic mass is 10.00. The number of nitrogens with zero attached hydrogens (tertiary/aromatic N) is 3. The number of thiophene rings is 1. The highest BCUT2D eigenvalue weighted by Gasteiger charge is 2.15. The number of hydrogen-bond acceptors (Lipinski definition) is 3. The molecule has 0 bridgehead atoms. The number of aromatic nitrogens is 3. The third kappa shape index (κ3) is 4.51. The van der Waals surface area contributed by atoms with Crippen molar-refractivity contribution in [1.29, 1.82) is 0 Å². The number of benzene rings is 7. The minimum absolute atomic E-state index is 0.914. The molecular weight excluding hydrogens is 651 g/mol. The summed E-state index contributed by atoms with van der Waals surface area (Å²) in [6, 6.07) is 63.0. The van der Waals surface area contributed by atoms with Gasteiger partial charge in [0, 0.05) is 58.5 Å². The molecule has 0 unspecified atom stereocenters. The molecular formula is C48H29N3S. The molecule has 0 saturated heterocycles. The lowest BCUT2D eigenvalue weighted by molar-refractivity contribution is 1.18. The van der Waals surface area contributed by atoms with Crippen molar-refractivity contribution in [2.75, 3.05) is 0 Å². The Morgan fingerprint density at radius 1 is 0.404 bits per heavy atom. The maximum absolute atomic E-state index is 5.29. The van der Waals surface area contributed by atoms with Crippen LogP contribution in [0.3, 0.4) is 0 Å². The first kappa shape index (κ1) is 29.1. The van der Waals surface area contributed by atoms with Crippen LogP contribution in [-0.2, 0) is 0 Å². The molecule has 0 spiro atoms. The van der Waals surface area contributed by atoms with E-state index >= 15 is 0 Å². The average Bonchev–Trinajstić information content (AvgIpc) is 3.76. The van der Waals surface area contributed by atoms with Crippen molar-refractivity contribution in [3.63, 3.8) is 0 Å². The summed E-state index contributed by atoms with van der Waals surface area (Å²) in [6.07, 6.45) is 0. The van der Waals surface area contributed by atoms with E-state index in [1.54, 1.807) is 0 Å². The van der Waals surface area contributed by atoms with E-state index < -0.39 is 0 Å². The first-order valence-corrected chi connectivity index (χ1v) is 18.4. The molecule has 4 aromatic heterocycles. The fourth-order valence-corrected chi connectivity index (χ4v) is 9.11. The highest BCUT2D eigenvalue weighted by Crippen LogP contribution is 2.40. The molecule has 0 radical (unpaired) electrons. The van der Waals surface area contributed by atoms with Crippen molar-refractivity contribution in [3.05, 3.63) is 176 Å². The summed E-state index contributed by atoms with van der Waals surface area (Å²) < 4.78 is 5.00. The van der Waals surface area contributed by atoms with Gasteiger partial charge in [-0.2, -0.15) is 0 Å². The van der Waals surface area contributed by atoms with Crippen LogP contribution in [0, 0.1) is 0 Å². The Labute approximate surface area is 303 Å². The molecule has 0 N–H and O–H groups in total. The highest BCUT2D eigenvalue weighted by atomic mass is 32.1. The predicted molar refractivity (Wildman–Crippen MR) is 221 cm³/mol. The Hall–Kier alpha value is -6.62. The van der Waals surface area contributed by atoms with Gasteiger partial charge in [0.05, 0.1) is 33.5 Å². The van der Waals surface area contributed by atoms with Gasteiger partial charge in [-0.1, -0.05) is 127 Å². The quantitative estimate of drug-likeness (QED) is 0.173. The number of rotatable bonds is 4. The summed E-state index contributed by atoms with van der Waals surface area (Å²) in [6.45, 7) is 0. The van der Waals surface area contributed by atoms with E-state index in [4.69, 9.17) is 9.97 Å². The fraction of sp³-hybridized carbons (Fsp3) is 0. The summed E-state index contributed by atoms with van der Waals surface area (Å²) >= 11 is 1.87. The predicted octanol–water partition coefficient (Wildman–Crippen LogP) is 13.2. The average molecular weight is 680 g/mol. The number of para-hydroxylation sites is 2. The topological polar surface area (TPSA) is 30.7 Å². The Bertz CT molecular complexity index is 3170. The van der Waals surface area contributed by atoms with E-state index in [2.05, 4.69) is 180 Å². The summed E-state index contributed by atoms with van der Waals surface area (Å²) in [5, 5.41) is 7.23. The molecule has 52 heavy (non-hydrogen) atoms. The van der Waals surface area contributed by atoms with Crippen molar-refractivity contribution >= 4 is 75.1 Å². The third-order valence-electron chi connectivity index (χ3n) is 10.4. The molecule has 0 atom stereocenters. The van der Waals surface area contributed by atoms with Gasteiger partial charge in [0.25, 0.3) is 0 Å². The summed E-state index contributed by atoms with van der Waals surface area (Å²) in [4.78, 5) is 10.5. The third-order valence-corrected chi connectivity index (χ3v) is 11.6. The van der Waals surface area contributed by atoms with Gasteiger partial charge < -0.3 is 4.57 Å². The molecule has 242 valence electrons. The minimum atomic E-state index is 0.914. The molecule has 7 aromatic carbocycles. The lowest BCUT2D eigenvalue weighted by Gasteiger charge is -2.10. The monoisotopic (exact) mass is 679 g/mol. The van der Waals surface area contributed by atoms with Crippen molar-refractivity contribution in [1.82, 2.24) is 14.5 Å². The number of fused-ring (bicyclic) bond motifs is 9. The molecule has 0 amide bonds. The van der Waals surface area contributed by atoms with Crippen molar-refractivity contribution in [2.24, 2.45) is 0 Å². The van der Waals surface area contributed by atoms with E-state index in [1.807, 2.05) is 11.3 Å². The van der Waals surface area contributed by atoms with Crippen LogP contribution in [0.4, 0.5) is 0 Å². The molecule has 4 heterocycles. The van der Waals surface area contributed by atoms with Crippen LogP contribution in [0.25, 0.3) is 103 Å². The number of pyridine rings is 2. The maximum Gasteiger partial charge on any atom is 0.0972 e. The molecule has 0 aliphatic heterocycles. The molecule has 0 saturated carbocycles. The molecule has 0 aliphatic rings. The largest absolute Gasteiger partial charge is 0.309 e. The summed E-state index contributed by atoms with van der Waals surface area (Å²) in [5.74, 6) is 0. The first-order chi connectivity index (χ1) is 25.8. The van der Waals surface area contributed by atoms with Crippen LogP contribution >= 0.6 is 11.3 Å². The molecule has 4 heteroatoms. The Balaban J connectivity index is 1.00. The lowest BCUT2D eigenvalue weighted by Crippen LogP contribution is -1.93. The van der Waals surface area contributed by atoms with Crippen LogP contribution in [0.5, 0.6) is 0 Å². The van der Waals surface area contributed by atoms with Crippen LogP contribution in [0.15, 0.2) is 176 Å². The van der Waals surface area contributed by atoms with E-state index in [-0.39, 0.29) is 0 Å². The van der Waals surface area contributed by atoms with Gasteiger partial charge in [0.2, 0.25) is 0 Å². The summed E-state index contributed by atoms with van der Waals surface area (Å²) in [7, 11) is 0. The van der Waals surface area contributed by atoms with Crippen LogP contribution in [0.1, 0.15) is 0 Å². The zero-order valence-electron chi connectivity index (χ0n) is 28.0. The van der Waals surface area contributed by atoms with Gasteiger partial charge >= 0.3 is 0 Å². The Morgan fingerprint density at radius 3 is 1.79 bits per heavy atom. The van der Waals surface area contributed by atoms with Crippen LogP contribution in [-0.4, -0.2) is 14.5 Å². The SMILES string of the molecule is c1ccc(-n2c3ccccc3c3cc(-c4ccc5ccc6ccc(-c7ccc(-c8cccc9c8sc8ccccc89)cc7)nc6c5n4)ccc32)cc1. The summed E-state index contributed by atoms with van der Waals surface area (Å²) in [5.41, 5.74) is 11.9. The highest BCUT2D eigenvalue weighted by molar-refractivity contribution is 7.26. The normalized spacial score (nSPS) is 11.8. The maximum atomic E-state index is 5.29. The molecule has 0 fully saturated rings. The van der Waals surface area contributed by atoms with Crippen LogP contribution in [0.2, 0.25) is 0 Å². The molecule has 3 nitrogen and oxygen atoms in total. The smallest absolute Gasteiger partial charge is 0.0972 e. The van der Waals surface area contributed by atoms with Crippen molar-refractivity contribution < 1.29 is 0 Å². The van der Waals surface area contributed by atoms with E-state index in [1.165, 1.54) is 53.1 Å². The second kappa shape index (κ2) is 11.5. The van der Waals surface area contributed by atoms with E-state index in [9.17, 15) is 0 Å². The second-order valence-corrected chi connectivity index (χ2v) is 14.4. The zero-order chi connectivity index (χ0) is 34.2. The van der Waals surface area contributed by atoms with Gasteiger partial charge in [-0.15, -0.1) is 11.3 Å². The fourth-order valence-electron chi connectivity index (χ4n) is 7.87. The van der Waals surface area contributed by atoms with Gasteiger partial charge in [-0.25, -0.2) is 9.97 Å². The van der Waals surface area contributed by atoms with Gasteiger partial charge in [0.15, 0.2) is 0 Å². The van der Waals surface area contributed by atoms with Crippen LogP contribution < -0.4 is 0 Å². The Morgan fingerprint density at radius 2 is 1.00 bits per heavy atom. The standard InChI is InChI=1S/C48H29N3S/c1-2-9-35(10-3-1)51-43-15-6-4-11-37(43)40-29-34(25-28-44(40)51)42-27-24-33-22-21-32-23-26-41(49-46(32)47(33)50-42)31-19-17-30(18-20-31)36-13-8-14-39-38-12-5-7-16-45(38)52-48(36)39/h1-29H. The van der Waals surface area contributed by atoms with Crippen molar-refractivity contribution in [3.8, 4) is 39.3 Å². The number of hydrogen-bond donors (Lipinski definition) is 0. The Kier molecular flexibility index (Phi) is 6.42. The van der Waals surface area contributed by atoms with Crippen molar-refractivity contribution in [2.45, 2.75) is 0 Å². The van der Waals surface area contributed by atoms with Gasteiger partial charge in [-0.3, -0.25) is 0 Å². The van der Waals surface area contributed by atoms with Gasteiger partial charge in [-0.05, 0) is 59.7 Å².